The van der Waals surface area contributed by atoms with Crippen molar-refractivity contribution in [2.24, 2.45) is 35.5 Å². The molecule has 12 rings (SSSR count). The van der Waals surface area contributed by atoms with Gasteiger partial charge in [-0.15, -0.1) is 0 Å². The minimum absolute atomic E-state index is 0.0142. The number of aliphatic hydroxyl groups is 1. The molecule has 9 N–H and O–H groups in total. The first-order chi connectivity index (χ1) is 40.1. The number of nitrogens with one attached hydrogen (secondary N) is 8. The average molecular weight is 1160 g/mol. The smallest absolute Gasteiger partial charge is 0.289 e. The van der Waals surface area contributed by atoms with Crippen molar-refractivity contribution < 1.29 is 57.7 Å². The number of likely N-dealkylation sites (tertiary alicyclic amines) is 2. The van der Waals surface area contributed by atoms with Gasteiger partial charge in [0.25, 0.3) is 23.6 Å². The standard InChI is InChI=1S/C31H41N5O6.C31H39N5O6/c2*1-31(2)14-17(27(38)35-31)12-22(26(37)29(40)32-18-10-11-18)34-28(39)25-19-7-4-6-16(19)15-36(25)30(41)23-13-20-21(33-23)8-5-9-24(20)42-3/h5,8-9,13,16-19,22,25-26,33,37H,4,6-7,10-12,14-15H2,1-3H3,(H,32,40)(H,34,39)(H,35,38);5,8-9,13,16-19,22,25,33H,4,6-7,10-12,14-15H2,1-3H3,(H,32,40)(H,34,39)(H,35,38)/t16-,17+,19-,22-,25-,26?;16-,17+,19-,22-,25-/m00/s1. The molecule has 8 amide bonds. The molecule has 0 spiro atoms. The molecule has 22 heteroatoms. The zero-order valence-corrected chi connectivity index (χ0v) is 48.8. The summed E-state index contributed by atoms with van der Waals surface area (Å²) in [6, 6.07) is 10.9. The lowest BCUT2D eigenvalue weighted by atomic mass is 9.89. The summed E-state index contributed by atoms with van der Waals surface area (Å²) in [4.78, 5) is 130. The molecule has 2 aromatic heterocycles. The summed E-state index contributed by atoms with van der Waals surface area (Å²) in [6.07, 6.45) is 8.41. The van der Waals surface area contributed by atoms with E-state index in [1.807, 2.05) is 64.1 Å². The number of carbonyl (C=O) groups is 9. The number of amides is 8. The SMILES string of the molecule is COc1cccc2[nH]c(C(=O)N3C[C@@H]4CCC[C@@H]4[C@H]3C(=O)N[C@@H](C[C@@H]3CC(C)(C)NC3=O)C(=O)C(=O)NC3CC3)cc12.COc1cccc2[nH]c(C(=O)N3C[C@@H]4CCC[C@@H]4[C@H]3C(=O)N[C@@H](C[C@@H]3CC(C)(C)NC3=O)C(O)C(=O)NC3CC3)cc12. The predicted molar refractivity (Wildman–Crippen MR) is 308 cm³/mol. The van der Waals surface area contributed by atoms with Crippen LogP contribution in [0.25, 0.3) is 21.8 Å². The summed E-state index contributed by atoms with van der Waals surface area (Å²) in [5.74, 6) is -3.20. The molecule has 4 saturated heterocycles. The van der Waals surface area contributed by atoms with Gasteiger partial charge in [-0.1, -0.05) is 25.0 Å². The third kappa shape index (κ3) is 12.1. The summed E-state index contributed by atoms with van der Waals surface area (Å²) in [5, 5.41) is 29.9. The summed E-state index contributed by atoms with van der Waals surface area (Å²) < 4.78 is 10.9. The van der Waals surface area contributed by atoms with Gasteiger partial charge in [0.2, 0.25) is 29.4 Å². The van der Waals surface area contributed by atoms with Crippen LogP contribution in [0.4, 0.5) is 0 Å². The fraction of sp³-hybridized carbons (Fsp3) is 0.597. The number of rotatable bonds is 18. The van der Waals surface area contributed by atoms with Gasteiger partial charge in [0.1, 0.15) is 35.0 Å². The second-order valence-corrected chi connectivity index (χ2v) is 26.3. The van der Waals surface area contributed by atoms with Gasteiger partial charge in [0.05, 0.1) is 26.3 Å². The van der Waals surface area contributed by atoms with Crippen LogP contribution in [0.1, 0.15) is 139 Å². The second kappa shape index (κ2) is 23.2. The Morgan fingerprint density at radius 2 is 1.10 bits per heavy atom. The highest BCUT2D eigenvalue weighted by atomic mass is 16.5. The maximum Gasteiger partial charge on any atom is 0.289 e. The van der Waals surface area contributed by atoms with E-state index < -0.39 is 82.6 Å². The van der Waals surface area contributed by atoms with E-state index in [0.29, 0.717) is 48.8 Å². The first kappa shape index (κ1) is 58.3. The Bertz CT molecular complexity index is 3270. The van der Waals surface area contributed by atoms with Crippen molar-refractivity contribution in [2.45, 2.75) is 171 Å². The van der Waals surface area contributed by atoms with Gasteiger partial charge < -0.3 is 66.2 Å². The highest BCUT2D eigenvalue weighted by Gasteiger charge is 2.53. The van der Waals surface area contributed by atoms with Crippen molar-refractivity contribution in [3.8, 4) is 11.5 Å². The van der Waals surface area contributed by atoms with Crippen LogP contribution in [0.2, 0.25) is 0 Å². The number of aromatic nitrogens is 2. The Labute approximate surface area is 487 Å². The quantitative estimate of drug-likeness (QED) is 0.0642. The molecule has 0 bridgehead atoms. The highest BCUT2D eigenvalue weighted by Crippen LogP contribution is 2.45. The highest BCUT2D eigenvalue weighted by molar-refractivity contribution is 6.38. The van der Waals surface area contributed by atoms with Crippen molar-refractivity contribution >= 4 is 74.8 Å². The van der Waals surface area contributed by atoms with Crippen LogP contribution < -0.4 is 41.4 Å². The maximum atomic E-state index is 14.1. The molecule has 450 valence electrons. The average Bonchev–Trinajstić information content (AvgIpc) is 2.17. The molecule has 2 aromatic carbocycles. The van der Waals surface area contributed by atoms with E-state index in [0.717, 1.165) is 86.0 Å². The van der Waals surface area contributed by atoms with Gasteiger partial charge >= 0.3 is 0 Å². The summed E-state index contributed by atoms with van der Waals surface area (Å²) in [6.45, 7) is 8.56. The molecule has 4 saturated carbocycles. The summed E-state index contributed by atoms with van der Waals surface area (Å²) in [7, 11) is 3.15. The number of H-pyrrole nitrogens is 2. The summed E-state index contributed by atoms with van der Waals surface area (Å²) in [5.41, 5.74) is 1.39. The zero-order chi connectivity index (χ0) is 59.5. The monoisotopic (exact) mass is 1160 g/mol. The first-order valence-electron chi connectivity index (χ1n) is 30.1. The molecule has 1 unspecified atom stereocenters. The van der Waals surface area contributed by atoms with Crippen LogP contribution in [-0.4, -0.2) is 159 Å². The van der Waals surface area contributed by atoms with Crippen molar-refractivity contribution in [3.05, 3.63) is 59.9 Å². The van der Waals surface area contributed by atoms with Crippen LogP contribution in [0.3, 0.4) is 0 Å². The van der Waals surface area contributed by atoms with E-state index in [-0.39, 0.29) is 72.2 Å². The van der Waals surface area contributed by atoms with Gasteiger partial charge in [-0.3, -0.25) is 43.2 Å². The fourth-order valence-corrected chi connectivity index (χ4v) is 14.6. The Morgan fingerprint density at radius 3 is 1.55 bits per heavy atom. The maximum absolute atomic E-state index is 14.1. The van der Waals surface area contributed by atoms with E-state index in [4.69, 9.17) is 9.47 Å². The lowest BCUT2D eigenvalue weighted by Crippen LogP contribution is -2.57. The molecule has 22 nitrogen and oxygen atoms in total. The molecular weight excluding hydrogens is 1080 g/mol. The summed E-state index contributed by atoms with van der Waals surface area (Å²) >= 11 is 0. The number of Topliss-reactive ketones (excluding diaryl/α,β-unsaturated/α-hetero) is 1. The van der Waals surface area contributed by atoms with Gasteiger partial charge in [-0.2, -0.15) is 0 Å². The third-order valence-electron chi connectivity index (χ3n) is 18.9. The number of benzene rings is 2. The molecule has 4 aliphatic heterocycles. The first-order valence-corrected chi connectivity index (χ1v) is 30.1. The van der Waals surface area contributed by atoms with Crippen LogP contribution in [0.5, 0.6) is 11.5 Å². The molecule has 8 fully saturated rings. The van der Waals surface area contributed by atoms with E-state index >= 15 is 0 Å². The minimum atomic E-state index is -1.52. The van der Waals surface area contributed by atoms with Crippen LogP contribution in [0, 0.1) is 35.5 Å². The molecular formula is C62H80N10O12. The minimum Gasteiger partial charge on any atom is -0.496 e. The second-order valence-electron chi connectivity index (χ2n) is 26.3. The molecule has 11 atom stereocenters. The lowest BCUT2D eigenvalue weighted by Gasteiger charge is -2.31. The zero-order valence-electron chi connectivity index (χ0n) is 48.8. The molecule has 8 aliphatic rings. The van der Waals surface area contributed by atoms with E-state index in [2.05, 4.69) is 41.9 Å². The van der Waals surface area contributed by atoms with Crippen molar-refractivity contribution in [2.75, 3.05) is 27.3 Å². The number of ketones is 1. The molecule has 4 aliphatic carbocycles. The van der Waals surface area contributed by atoms with Gasteiger partial charge in [-0.05, 0) is 165 Å². The van der Waals surface area contributed by atoms with Gasteiger partial charge in [0, 0.05) is 69.9 Å². The molecule has 6 heterocycles. The topological polar surface area (TPSA) is 303 Å². The van der Waals surface area contributed by atoms with E-state index in [1.54, 1.807) is 36.2 Å². The van der Waals surface area contributed by atoms with Crippen molar-refractivity contribution in [3.63, 3.8) is 0 Å². The number of hydrogen-bond acceptors (Lipinski definition) is 12. The van der Waals surface area contributed by atoms with Crippen LogP contribution >= 0.6 is 0 Å². The number of carbonyl (C=O) groups excluding carboxylic acids is 9. The number of aromatic amines is 2. The normalized spacial score (nSPS) is 27.4. The van der Waals surface area contributed by atoms with E-state index in [1.165, 1.54) is 0 Å². The lowest BCUT2D eigenvalue weighted by molar-refractivity contribution is -0.141. The van der Waals surface area contributed by atoms with Crippen LogP contribution in [0.15, 0.2) is 48.5 Å². The molecule has 4 aromatic rings. The largest absolute Gasteiger partial charge is 0.496 e. The van der Waals surface area contributed by atoms with Crippen molar-refractivity contribution in [1.29, 1.82) is 0 Å². The van der Waals surface area contributed by atoms with Gasteiger partial charge in [-0.25, -0.2) is 0 Å². The Morgan fingerprint density at radius 1 is 0.631 bits per heavy atom. The number of nitrogens with zero attached hydrogens (tertiary/aromatic N) is 2. The fourth-order valence-electron chi connectivity index (χ4n) is 14.6. The molecule has 0 radical (unpaired) electrons. The predicted octanol–water partition coefficient (Wildman–Crippen LogP) is 3.90. The molecule has 84 heavy (non-hydrogen) atoms. The Balaban J connectivity index is 0.000000175. The number of methoxy groups -OCH3 is 2. The number of aliphatic hydroxyl groups excluding tert-OH is 1. The third-order valence-corrected chi connectivity index (χ3v) is 18.9. The van der Waals surface area contributed by atoms with Crippen molar-refractivity contribution in [1.82, 2.24) is 51.7 Å². The van der Waals surface area contributed by atoms with Gasteiger partial charge in [0.15, 0.2) is 6.10 Å². The number of fused-ring (bicyclic) bond motifs is 4. The number of hydrogen-bond donors (Lipinski definition) is 9. The Hall–Kier alpha value is -7.49. The Kier molecular flexibility index (Phi) is 16.1. The number of ether oxygens (including phenoxy) is 2. The van der Waals surface area contributed by atoms with E-state index in [9.17, 15) is 48.3 Å². The van der Waals surface area contributed by atoms with Crippen LogP contribution in [-0.2, 0) is 33.6 Å².